The topological polar surface area (TPSA) is 17.3 Å². The highest BCUT2D eigenvalue weighted by Crippen LogP contribution is 2.09. The summed E-state index contributed by atoms with van der Waals surface area (Å²) < 4.78 is 2.06. The molecular formula is C9H11N2P. The summed E-state index contributed by atoms with van der Waals surface area (Å²) in [6.07, 6.45) is 4.10. The monoisotopic (exact) mass is 178 g/mol. The maximum Gasteiger partial charge on any atom is 0.139 e. The van der Waals surface area contributed by atoms with Crippen LogP contribution in [-0.4, -0.2) is 9.38 Å². The Morgan fingerprint density at radius 3 is 2.83 bits per heavy atom. The van der Waals surface area contributed by atoms with Crippen molar-refractivity contribution in [2.24, 2.45) is 0 Å². The van der Waals surface area contributed by atoms with Gasteiger partial charge in [0.15, 0.2) is 0 Å². The summed E-state index contributed by atoms with van der Waals surface area (Å²) in [6.45, 7) is 4.09. The lowest BCUT2D eigenvalue weighted by Gasteiger charge is -1.98. The first-order valence-corrected chi connectivity index (χ1v) is 4.46. The molecule has 0 amide bonds. The van der Waals surface area contributed by atoms with Crippen LogP contribution in [-0.2, 0) is 0 Å². The van der Waals surface area contributed by atoms with Crippen molar-refractivity contribution in [1.29, 1.82) is 0 Å². The van der Waals surface area contributed by atoms with Crippen LogP contribution in [0, 0.1) is 13.8 Å². The lowest BCUT2D eigenvalue weighted by Crippen LogP contribution is -1.97. The predicted molar refractivity (Wildman–Crippen MR) is 54.0 cm³/mol. The normalized spacial score (nSPS) is 10.9. The number of aromatic nitrogens is 2. The van der Waals surface area contributed by atoms with E-state index in [-0.39, 0.29) is 0 Å². The van der Waals surface area contributed by atoms with Crippen LogP contribution in [0.5, 0.6) is 0 Å². The zero-order valence-electron chi connectivity index (χ0n) is 7.20. The van der Waals surface area contributed by atoms with E-state index in [1.165, 1.54) is 10.9 Å². The molecule has 0 N–H and O–H groups in total. The smallest absolute Gasteiger partial charge is 0.139 e. The zero-order valence-corrected chi connectivity index (χ0v) is 8.36. The molecule has 0 saturated carbocycles. The second kappa shape index (κ2) is 2.56. The first kappa shape index (κ1) is 7.75. The minimum Gasteiger partial charge on any atom is -0.306 e. The number of rotatable bonds is 0. The van der Waals surface area contributed by atoms with Crippen molar-refractivity contribution in [2.45, 2.75) is 13.8 Å². The third-order valence-electron chi connectivity index (χ3n) is 1.88. The summed E-state index contributed by atoms with van der Waals surface area (Å²) in [6, 6.07) is 2.12. The molecule has 0 bridgehead atoms. The van der Waals surface area contributed by atoms with E-state index in [9.17, 15) is 0 Å². The third-order valence-corrected chi connectivity index (χ3v) is 2.19. The summed E-state index contributed by atoms with van der Waals surface area (Å²) in [5.41, 5.74) is 3.34. The minimum absolute atomic E-state index is 1.05. The zero-order chi connectivity index (χ0) is 8.72. The van der Waals surface area contributed by atoms with Gasteiger partial charge in [-0.15, -0.1) is 9.24 Å². The molecule has 0 aliphatic rings. The average molecular weight is 178 g/mol. The van der Waals surface area contributed by atoms with Gasteiger partial charge >= 0.3 is 0 Å². The highest BCUT2D eigenvalue weighted by molar-refractivity contribution is 7.27. The van der Waals surface area contributed by atoms with Crippen molar-refractivity contribution < 1.29 is 0 Å². The molecule has 0 aliphatic heterocycles. The number of fused-ring (bicyclic) bond motifs is 1. The van der Waals surface area contributed by atoms with Gasteiger partial charge in [0.1, 0.15) is 5.65 Å². The molecule has 1 unspecified atom stereocenters. The Morgan fingerprint density at radius 2 is 2.08 bits per heavy atom. The molecule has 12 heavy (non-hydrogen) atoms. The van der Waals surface area contributed by atoms with Gasteiger partial charge in [-0.25, -0.2) is 4.98 Å². The van der Waals surface area contributed by atoms with Crippen molar-refractivity contribution in [3.8, 4) is 0 Å². The average Bonchev–Trinajstić information content (AvgIpc) is 2.29. The minimum atomic E-state index is 1.05. The van der Waals surface area contributed by atoms with Crippen LogP contribution in [0.1, 0.15) is 11.3 Å². The van der Waals surface area contributed by atoms with E-state index in [0.717, 1.165) is 11.3 Å². The second-order valence-electron chi connectivity index (χ2n) is 3.07. The molecule has 3 heteroatoms. The van der Waals surface area contributed by atoms with E-state index in [0.29, 0.717) is 0 Å². The van der Waals surface area contributed by atoms with Gasteiger partial charge in [-0.1, -0.05) is 0 Å². The number of nitrogens with zero attached hydrogens (tertiary/aromatic N) is 2. The lowest BCUT2D eigenvalue weighted by molar-refractivity contribution is 1.18. The van der Waals surface area contributed by atoms with E-state index in [1.807, 2.05) is 13.1 Å². The van der Waals surface area contributed by atoms with Gasteiger partial charge in [-0.2, -0.15) is 0 Å². The van der Waals surface area contributed by atoms with Crippen LogP contribution in [0.2, 0.25) is 0 Å². The molecule has 0 aromatic carbocycles. The number of aryl methyl sites for hydroxylation is 2. The fourth-order valence-corrected chi connectivity index (χ4v) is 1.83. The summed E-state index contributed by atoms with van der Waals surface area (Å²) in [4.78, 5) is 4.41. The molecule has 0 spiro atoms. The molecule has 0 fully saturated rings. The third kappa shape index (κ3) is 1.12. The summed E-state index contributed by atoms with van der Waals surface area (Å²) in [5, 5.41) is 1.19. The van der Waals surface area contributed by atoms with Crippen LogP contribution in [0.4, 0.5) is 0 Å². The van der Waals surface area contributed by atoms with Gasteiger partial charge in [0.25, 0.3) is 0 Å². The Labute approximate surface area is 73.8 Å². The van der Waals surface area contributed by atoms with Gasteiger partial charge in [0.05, 0.1) is 5.69 Å². The van der Waals surface area contributed by atoms with Crippen molar-refractivity contribution in [1.82, 2.24) is 9.38 Å². The quantitative estimate of drug-likeness (QED) is 0.558. The van der Waals surface area contributed by atoms with E-state index < -0.39 is 0 Å². The molecule has 2 aromatic heterocycles. The summed E-state index contributed by atoms with van der Waals surface area (Å²) >= 11 is 0. The van der Waals surface area contributed by atoms with Gasteiger partial charge < -0.3 is 4.40 Å². The van der Waals surface area contributed by atoms with E-state index in [1.54, 1.807) is 0 Å². The largest absolute Gasteiger partial charge is 0.306 e. The Balaban J connectivity index is 2.88. The van der Waals surface area contributed by atoms with E-state index in [4.69, 9.17) is 0 Å². The fourth-order valence-electron chi connectivity index (χ4n) is 1.42. The van der Waals surface area contributed by atoms with Gasteiger partial charge in [0, 0.05) is 12.4 Å². The molecule has 0 aliphatic carbocycles. The maximum atomic E-state index is 4.41. The van der Waals surface area contributed by atoms with Crippen LogP contribution >= 0.6 is 9.24 Å². The van der Waals surface area contributed by atoms with Crippen molar-refractivity contribution >= 4 is 20.2 Å². The molecule has 0 saturated heterocycles. The van der Waals surface area contributed by atoms with Gasteiger partial charge in [-0.05, 0) is 30.8 Å². The molecule has 0 radical (unpaired) electrons. The predicted octanol–water partition coefficient (Wildman–Crippen LogP) is 1.45. The molecule has 62 valence electrons. The number of hydrogen-bond acceptors (Lipinski definition) is 1. The molecule has 2 aromatic rings. The van der Waals surface area contributed by atoms with Crippen molar-refractivity contribution in [3.63, 3.8) is 0 Å². The standard InChI is InChI=1S/C9H11N2P/c1-6-3-8(12)5-11-4-7(2)10-9(6)11/h3-5H,12H2,1-2H3. The first-order valence-electron chi connectivity index (χ1n) is 3.88. The SMILES string of the molecule is Cc1cn2cc(P)cc(C)c2n1. The Bertz CT molecular complexity index is 431. The number of imidazole rings is 1. The van der Waals surface area contributed by atoms with E-state index in [2.05, 4.69) is 37.8 Å². The Hall–Kier alpha value is -0.880. The van der Waals surface area contributed by atoms with Crippen LogP contribution in [0.15, 0.2) is 18.5 Å². The highest BCUT2D eigenvalue weighted by atomic mass is 31.0. The number of hydrogen-bond donors (Lipinski definition) is 0. The Morgan fingerprint density at radius 1 is 1.33 bits per heavy atom. The second-order valence-corrected chi connectivity index (χ2v) is 3.74. The van der Waals surface area contributed by atoms with Crippen LogP contribution in [0.25, 0.3) is 5.65 Å². The van der Waals surface area contributed by atoms with Gasteiger partial charge in [0.2, 0.25) is 0 Å². The van der Waals surface area contributed by atoms with Crippen LogP contribution in [0.3, 0.4) is 0 Å². The van der Waals surface area contributed by atoms with Crippen LogP contribution < -0.4 is 5.30 Å². The van der Waals surface area contributed by atoms with Crippen molar-refractivity contribution in [3.05, 3.63) is 29.7 Å². The summed E-state index contributed by atoms with van der Waals surface area (Å²) in [7, 11) is 2.70. The van der Waals surface area contributed by atoms with E-state index >= 15 is 0 Å². The molecule has 2 rings (SSSR count). The Kier molecular flexibility index (Phi) is 1.66. The summed E-state index contributed by atoms with van der Waals surface area (Å²) in [5.74, 6) is 0. The molecular weight excluding hydrogens is 167 g/mol. The maximum absolute atomic E-state index is 4.41. The lowest BCUT2D eigenvalue weighted by atomic mass is 10.3. The molecule has 2 nitrogen and oxygen atoms in total. The first-order chi connectivity index (χ1) is 5.66. The van der Waals surface area contributed by atoms with Gasteiger partial charge in [-0.3, -0.25) is 0 Å². The van der Waals surface area contributed by atoms with Crippen molar-refractivity contribution in [2.75, 3.05) is 0 Å². The number of pyridine rings is 1. The molecule has 2 heterocycles. The molecule has 1 atom stereocenters. The fraction of sp³-hybridized carbons (Fsp3) is 0.222. The highest BCUT2D eigenvalue weighted by Gasteiger charge is 2.00.